The fourth-order valence-corrected chi connectivity index (χ4v) is 1.27. The highest BCUT2D eigenvalue weighted by molar-refractivity contribution is 5.09. The summed E-state index contributed by atoms with van der Waals surface area (Å²) in [6, 6.07) is 2.67. The second-order valence-corrected chi connectivity index (χ2v) is 3.32. The van der Waals surface area contributed by atoms with Gasteiger partial charge in [-0.3, -0.25) is 4.98 Å². The normalized spacial score (nSPS) is 12.7. The van der Waals surface area contributed by atoms with Crippen LogP contribution in [0.5, 0.6) is 0 Å². The van der Waals surface area contributed by atoms with E-state index in [1.807, 2.05) is 0 Å². The lowest BCUT2D eigenvalue weighted by atomic mass is 10.1. The number of rotatable bonds is 3. The number of hydrogen-bond donors (Lipinski definition) is 1. The molecule has 2 heterocycles. The molecule has 1 atom stereocenters. The summed E-state index contributed by atoms with van der Waals surface area (Å²) in [6.45, 7) is 0. The molecule has 0 amide bonds. The molecule has 0 saturated heterocycles. The minimum atomic E-state index is -0.857. The Morgan fingerprint density at radius 3 is 2.88 bits per heavy atom. The molecule has 2 aromatic rings. The zero-order valence-electron chi connectivity index (χ0n) is 8.58. The lowest BCUT2D eigenvalue weighted by Crippen LogP contribution is -2.06. The Balaban J connectivity index is 2.08. The van der Waals surface area contributed by atoms with Crippen LogP contribution in [0.2, 0.25) is 0 Å². The summed E-state index contributed by atoms with van der Waals surface area (Å²) in [5, 5.41) is 21.1. The minimum absolute atomic E-state index is 0.201. The summed E-state index contributed by atoms with van der Waals surface area (Å²) in [5.41, 5.74) is 0.383. The van der Waals surface area contributed by atoms with Gasteiger partial charge in [0.2, 0.25) is 0 Å². The molecule has 1 N–H and O–H groups in total. The van der Waals surface area contributed by atoms with Crippen LogP contribution in [0, 0.1) is 5.82 Å². The van der Waals surface area contributed by atoms with E-state index in [0.29, 0.717) is 11.5 Å². The van der Waals surface area contributed by atoms with Crippen molar-refractivity contribution in [1.29, 1.82) is 0 Å². The van der Waals surface area contributed by atoms with Gasteiger partial charge in [-0.2, -0.15) is 4.80 Å². The van der Waals surface area contributed by atoms with Gasteiger partial charge in [0.25, 0.3) is 0 Å². The van der Waals surface area contributed by atoms with Crippen LogP contribution >= 0.6 is 0 Å². The quantitative estimate of drug-likeness (QED) is 0.793. The third kappa shape index (κ3) is 2.37. The third-order valence-electron chi connectivity index (χ3n) is 2.02. The van der Waals surface area contributed by atoms with Crippen LogP contribution < -0.4 is 0 Å². The van der Waals surface area contributed by atoms with Crippen LogP contribution in [0.15, 0.2) is 18.3 Å². The summed E-state index contributed by atoms with van der Waals surface area (Å²) in [7, 11) is 1.64. The van der Waals surface area contributed by atoms with Crippen molar-refractivity contribution in [2.75, 3.05) is 0 Å². The van der Waals surface area contributed by atoms with Crippen LogP contribution in [0.1, 0.15) is 17.6 Å². The van der Waals surface area contributed by atoms with Gasteiger partial charge < -0.3 is 5.11 Å². The summed E-state index contributed by atoms with van der Waals surface area (Å²) in [4.78, 5) is 5.08. The molecule has 2 aromatic heterocycles. The Hall–Kier alpha value is -1.89. The number of halogens is 1. The number of aliphatic hydroxyl groups is 1. The predicted molar refractivity (Wildman–Crippen MR) is 51.7 cm³/mol. The first-order valence-electron chi connectivity index (χ1n) is 4.67. The highest BCUT2D eigenvalue weighted by Crippen LogP contribution is 2.13. The van der Waals surface area contributed by atoms with Gasteiger partial charge in [0.15, 0.2) is 5.82 Å². The van der Waals surface area contributed by atoms with Crippen LogP contribution in [-0.2, 0) is 13.5 Å². The monoisotopic (exact) mass is 223 g/mol. The van der Waals surface area contributed by atoms with Gasteiger partial charge in [0.05, 0.1) is 18.9 Å². The van der Waals surface area contributed by atoms with Crippen LogP contribution in [0.3, 0.4) is 0 Å². The molecule has 0 radical (unpaired) electrons. The summed E-state index contributed by atoms with van der Waals surface area (Å²) in [6.07, 6.45) is 0.402. The fourth-order valence-electron chi connectivity index (χ4n) is 1.27. The van der Waals surface area contributed by atoms with Gasteiger partial charge in [0.1, 0.15) is 11.9 Å². The SMILES string of the molecule is Cn1nnc(CC(O)c2ccc(F)cn2)n1. The van der Waals surface area contributed by atoms with Crippen molar-refractivity contribution in [3.05, 3.63) is 35.7 Å². The topological polar surface area (TPSA) is 76.7 Å². The molecule has 0 saturated carbocycles. The van der Waals surface area contributed by atoms with E-state index in [9.17, 15) is 9.50 Å². The molecule has 0 spiro atoms. The second kappa shape index (κ2) is 4.31. The van der Waals surface area contributed by atoms with Crippen molar-refractivity contribution < 1.29 is 9.50 Å². The molecule has 2 rings (SSSR count). The van der Waals surface area contributed by atoms with Crippen molar-refractivity contribution >= 4 is 0 Å². The Labute approximate surface area is 90.7 Å². The molecular weight excluding hydrogens is 213 g/mol. The lowest BCUT2D eigenvalue weighted by Gasteiger charge is -2.06. The third-order valence-corrected chi connectivity index (χ3v) is 2.02. The Kier molecular flexibility index (Phi) is 2.86. The van der Waals surface area contributed by atoms with Crippen molar-refractivity contribution in [3.8, 4) is 0 Å². The van der Waals surface area contributed by atoms with E-state index in [2.05, 4.69) is 20.4 Å². The largest absolute Gasteiger partial charge is 0.386 e. The second-order valence-electron chi connectivity index (χ2n) is 3.32. The van der Waals surface area contributed by atoms with E-state index in [-0.39, 0.29) is 6.42 Å². The first kappa shape index (κ1) is 10.6. The zero-order chi connectivity index (χ0) is 11.5. The molecule has 16 heavy (non-hydrogen) atoms. The van der Waals surface area contributed by atoms with Crippen molar-refractivity contribution in [2.24, 2.45) is 7.05 Å². The summed E-state index contributed by atoms with van der Waals surface area (Å²) < 4.78 is 12.6. The summed E-state index contributed by atoms with van der Waals surface area (Å²) in [5.74, 6) is -0.0188. The highest BCUT2D eigenvalue weighted by Gasteiger charge is 2.13. The van der Waals surface area contributed by atoms with E-state index in [1.54, 1.807) is 7.05 Å². The molecule has 1 unspecified atom stereocenters. The van der Waals surface area contributed by atoms with Crippen LogP contribution in [-0.4, -0.2) is 30.3 Å². The van der Waals surface area contributed by atoms with Gasteiger partial charge in [-0.1, -0.05) is 0 Å². The predicted octanol–water partition coefficient (Wildman–Crippen LogP) is 0.0203. The number of pyridine rings is 1. The first-order chi connectivity index (χ1) is 7.65. The van der Waals surface area contributed by atoms with E-state index >= 15 is 0 Å². The number of tetrazole rings is 1. The lowest BCUT2D eigenvalue weighted by molar-refractivity contribution is 0.170. The van der Waals surface area contributed by atoms with Gasteiger partial charge in [-0.15, -0.1) is 10.2 Å². The Morgan fingerprint density at radius 1 is 1.50 bits per heavy atom. The Bertz CT molecular complexity index is 469. The van der Waals surface area contributed by atoms with E-state index in [4.69, 9.17) is 0 Å². The summed E-state index contributed by atoms with van der Waals surface area (Å²) >= 11 is 0. The molecule has 0 aliphatic carbocycles. The molecule has 0 fully saturated rings. The van der Waals surface area contributed by atoms with Gasteiger partial charge >= 0.3 is 0 Å². The van der Waals surface area contributed by atoms with E-state index < -0.39 is 11.9 Å². The van der Waals surface area contributed by atoms with Crippen LogP contribution in [0.4, 0.5) is 4.39 Å². The van der Waals surface area contributed by atoms with Crippen LogP contribution in [0.25, 0.3) is 0 Å². The molecule has 0 aliphatic rings. The van der Waals surface area contributed by atoms with Crippen molar-refractivity contribution in [1.82, 2.24) is 25.2 Å². The molecule has 0 aliphatic heterocycles. The average molecular weight is 223 g/mol. The highest BCUT2D eigenvalue weighted by atomic mass is 19.1. The van der Waals surface area contributed by atoms with Gasteiger partial charge in [0, 0.05) is 6.42 Å². The molecular formula is C9H10FN5O. The smallest absolute Gasteiger partial charge is 0.177 e. The average Bonchev–Trinajstić information content (AvgIpc) is 2.65. The number of hydrogen-bond acceptors (Lipinski definition) is 5. The van der Waals surface area contributed by atoms with E-state index in [0.717, 1.165) is 6.20 Å². The molecule has 7 heteroatoms. The van der Waals surface area contributed by atoms with Crippen molar-refractivity contribution in [3.63, 3.8) is 0 Å². The molecule has 6 nitrogen and oxygen atoms in total. The Morgan fingerprint density at radius 2 is 2.31 bits per heavy atom. The van der Waals surface area contributed by atoms with Gasteiger partial charge in [-0.25, -0.2) is 4.39 Å². The van der Waals surface area contributed by atoms with E-state index in [1.165, 1.54) is 16.9 Å². The number of aliphatic hydroxyl groups excluding tert-OH is 1. The molecule has 84 valence electrons. The number of aryl methyl sites for hydroxylation is 1. The standard InChI is InChI=1S/C9H10FN5O/c1-15-13-9(12-14-15)4-8(16)7-3-2-6(10)5-11-7/h2-3,5,8,16H,4H2,1H3. The maximum atomic E-state index is 12.6. The maximum absolute atomic E-state index is 12.6. The molecule has 0 bridgehead atoms. The number of aromatic nitrogens is 5. The van der Waals surface area contributed by atoms with Gasteiger partial charge in [-0.05, 0) is 17.3 Å². The minimum Gasteiger partial charge on any atom is -0.386 e. The first-order valence-corrected chi connectivity index (χ1v) is 4.67. The maximum Gasteiger partial charge on any atom is 0.177 e. The number of nitrogens with zero attached hydrogens (tertiary/aromatic N) is 5. The van der Waals surface area contributed by atoms with Crippen molar-refractivity contribution in [2.45, 2.75) is 12.5 Å². The molecule has 0 aromatic carbocycles. The zero-order valence-corrected chi connectivity index (χ0v) is 8.58. The fraction of sp³-hybridized carbons (Fsp3) is 0.333.